The first-order valence-corrected chi connectivity index (χ1v) is 5.35. The molecule has 14 heavy (non-hydrogen) atoms. The van der Waals surface area contributed by atoms with Crippen molar-refractivity contribution in [3.8, 4) is 0 Å². The van der Waals surface area contributed by atoms with Crippen LogP contribution in [0.25, 0.3) is 0 Å². The molecule has 1 aromatic rings. The third-order valence-corrected chi connectivity index (χ3v) is 3.33. The number of nitrogens with one attached hydrogen (secondary N) is 1. The number of piperidine rings is 1. The molecule has 0 aromatic heterocycles. The Balaban J connectivity index is 1.99. The van der Waals surface area contributed by atoms with Crippen LogP contribution in [0.5, 0.6) is 0 Å². The fourth-order valence-corrected chi connectivity index (χ4v) is 2.57. The molecule has 1 fully saturated rings. The summed E-state index contributed by atoms with van der Waals surface area (Å²) in [4.78, 5) is 0. The molecule has 1 N–H and O–H groups in total. The summed E-state index contributed by atoms with van der Waals surface area (Å²) in [5.41, 5.74) is 2.87. The van der Waals surface area contributed by atoms with E-state index in [2.05, 4.69) is 29.6 Å². The van der Waals surface area contributed by atoms with Gasteiger partial charge < -0.3 is 10.1 Å². The number of rotatable bonds is 0. The fraction of sp³-hybridized carbons (Fsp3) is 0.500. The molecule has 0 aliphatic carbocycles. The smallest absolute Gasteiger partial charge is 0.0723 e. The van der Waals surface area contributed by atoms with Crippen LogP contribution in [0, 0.1) is 0 Å². The lowest BCUT2D eigenvalue weighted by Crippen LogP contribution is -2.42. The highest BCUT2D eigenvalue weighted by Gasteiger charge is 2.31. The van der Waals surface area contributed by atoms with Crippen molar-refractivity contribution < 1.29 is 4.74 Å². The minimum Gasteiger partial charge on any atom is -0.373 e. The number of ether oxygens (including phenoxy) is 1. The van der Waals surface area contributed by atoms with Crippen LogP contribution in [0.15, 0.2) is 24.3 Å². The molecule has 0 saturated carbocycles. The topological polar surface area (TPSA) is 21.3 Å². The third kappa shape index (κ3) is 1.26. The van der Waals surface area contributed by atoms with Crippen LogP contribution < -0.4 is 5.32 Å². The first kappa shape index (κ1) is 8.45. The molecule has 74 valence electrons. The van der Waals surface area contributed by atoms with E-state index >= 15 is 0 Å². The molecule has 2 atom stereocenters. The molecule has 0 bridgehead atoms. The average molecular weight is 189 g/mol. The van der Waals surface area contributed by atoms with Gasteiger partial charge in [-0.1, -0.05) is 24.3 Å². The molecule has 2 heteroatoms. The molecule has 3 rings (SSSR count). The van der Waals surface area contributed by atoms with Gasteiger partial charge in [0.25, 0.3) is 0 Å². The van der Waals surface area contributed by atoms with E-state index in [1.54, 1.807) is 0 Å². The van der Waals surface area contributed by atoms with Gasteiger partial charge in [0.2, 0.25) is 0 Å². The highest BCUT2D eigenvalue weighted by Crippen LogP contribution is 2.33. The summed E-state index contributed by atoms with van der Waals surface area (Å²) >= 11 is 0. The lowest BCUT2D eigenvalue weighted by Gasteiger charge is -2.37. The molecule has 1 aromatic carbocycles. The van der Waals surface area contributed by atoms with Gasteiger partial charge in [-0.25, -0.2) is 0 Å². The van der Waals surface area contributed by atoms with Crippen molar-refractivity contribution >= 4 is 0 Å². The molecule has 2 unspecified atom stereocenters. The third-order valence-electron chi connectivity index (χ3n) is 3.33. The van der Waals surface area contributed by atoms with Gasteiger partial charge in [0.05, 0.1) is 12.7 Å². The summed E-state index contributed by atoms with van der Waals surface area (Å²) in [5, 5.41) is 3.44. The van der Waals surface area contributed by atoms with Gasteiger partial charge in [0.15, 0.2) is 0 Å². The fourth-order valence-electron chi connectivity index (χ4n) is 2.57. The van der Waals surface area contributed by atoms with Crippen LogP contribution >= 0.6 is 0 Å². The second-order valence-corrected chi connectivity index (χ2v) is 4.15. The Hall–Kier alpha value is -0.860. The maximum absolute atomic E-state index is 5.87. The number of benzene rings is 1. The van der Waals surface area contributed by atoms with Crippen molar-refractivity contribution in [1.82, 2.24) is 5.32 Å². The molecule has 0 spiro atoms. The Morgan fingerprint density at radius 2 is 2.21 bits per heavy atom. The zero-order valence-corrected chi connectivity index (χ0v) is 8.20. The van der Waals surface area contributed by atoms with Crippen molar-refractivity contribution in [3.05, 3.63) is 35.4 Å². The molecular weight excluding hydrogens is 174 g/mol. The summed E-state index contributed by atoms with van der Waals surface area (Å²) in [5.74, 6) is 0.577. The minimum atomic E-state index is 0.450. The first-order valence-electron chi connectivity index (χ1n) is 5.35. The molecule has 2 heterocycles. The maximum Gasteiger partial charge on any atom is 0.0723 e. The minimum absolute atomic E-state index is 0.450. The van der Waals surface area contributed by atoms with Crippen molar-refractivity contribution in [1.29, 1.82) is 0 Å². The van der Waals surface area contributed by atoms with Gasteiger partial charge in [0, 0.05) is 12.5 Å². The van der Waals surface area contributed by atoms with Crippen LogP contribution in [0.4, 0.5) is 0 Å². The van der Waals surface area contributed by atoms with Gasteiger partial charge in [-0.15, -0.1) is 0 Å². The van der Waals surface area contributed by atoms with E-state index in [9.17, 15) is 0 Å². The van der Waals surface area contributed by atoms with Gasteiger partial charge in [-0.05, 0) is 24.1 Å². The number of hydrogen-bond donors (Lipinski definition) is 1. The number of fused-ring (bicyclic) bond motifs is 3. The molecule has 2 nitrogen and oxygen atoms in total. The predicted octanol–water partition coefficient (Wildman–Crippen LogP) is 1.66. The van der Waals surface area contributed by atoms with Gasteiger partial charge in [-0.3, -0.25) is 0 Å². The van der Waals surface area contributed by atoms with E-state index in [1.165, 1.54) is 11.1 Å². The summed E-state index contributed by atoms with van der Waals surface area (Å²) in [6.07, 6.45) is 1.60. The van der Waals surface area contributed by atoms with Crippen molar-refractivity contribution in [3.63, 3.8) is 0 Å². The standard InChI is InChI=1S/C12H15NO/c1-2-4-10-9(3-1)8-14-12-5-6-13-7-11(10)12/h1-4,11-13H,5-8H2. The lowest BCUT2D eigenvalue weighted by atomic mass is 9.84. The summed E-state index contributed by atoms with van der Waals surface area (Å²) in [7, 11) is 0. The quantitative estimate of drug-likeness (QED) is 0.670. The van der Waals surface area contributed by atoms with E-state index in [0.717, 1.165) is 26.1 Å². The zero-order valence-electron chi connectivity index (χ0n) is 8.20. The van der Waals surface area contributed by atoms with E-state index in [0.29, 0.717) is 12.0 Å². The van der Waals surface area contributed by atoms with E-state index in [1.807, 2.05) is 0 Å². The Labute approximate surface area is 84.3 Å². The SMILES string of the molecule is c1ccc2c(c1)COC1CCNCC21. The second kappa shape index (κ2) is 3.37. The molecular formula is C12H15NO. The number of hydrogen-bond acceptors (Lipinski definition) is 2. The molecule has 0 amide bonds. The Bertz CT molecular complexity index is 337. The van der Waals surface area contributed by atoms with E-state index in [4.69, 9.17) is 4.74 Å². The molecule has 2 aliphatic heterocycles. The monoisotopic (exact) mass is 189 g/mol. The Kier molecular flexibility index (Phi) is 2.03. The normalized spacial score (nSPS) is 30.6. The summed E-state index contributed by atoms with van der Waals surface area (Å²) in [6, 6.07) is 8.66. The van der Waals surface area contributed by atoms with Crippen LogP contribution in [-0.4, -0.2) is 19.2 Å². The van der Waals surface area contributed by atoms with Crippen molar-refractivity contribution in [2.24, 2.45) is 0 Å². The van der Waals surface area contributed by atoms with Crippen LogP contribution in [0.2, 0.25) is 0 Å². The Morgan fingerprint density at radius 3 is 3.21 bits per heavy atom. The summed E-state index contributed by atoms with van der Waals surface area (Å²) in [6.45, 7) is 2.97. The largest absolute Gasteiger partial charge is 0.373 e. The zero-order chi connectivity index (χ0) is 9.38. The second-order valence-electron chi connectivity index (χ2n) is 4.15. The predicted molar refractivity (Wildman–Crippen MR) is 55.2 cm³/mol. The van der Waals surface area contributed by atoms with Crippen molar-refractivity contribution in [2.45, 2.75) is 25.0 Å². The van der Waals surface area contributed by atoms with E-state index in [-0.39, 0.29) is 0 Å². The van der Waals surface area contributed by atoms with Crippen LogP contribution in [0.1, 0.15) is 23.5 Å². The van der Waals surface area contributed by atoms with Crippen LogP contribution in [-0.2, 0) is 11.3 Å². The van der Waals surface area contributed by atoms with E-state index < -0.39 is 0 Å². The Morgan fingerprint density at radius 1 is 1.29 bits per heavy atom. The van der Waals surface area contributed by atoms with Gasteiger partial charge in [-0.2, -0.15) is 0 Å². The van der Waals surface area contributed by atoms with Gasteiger partial charge >= 0.3 is 0 Å². The van der Waals surface area contributed by atoms with Gasteiger partial charge in [0.1, 0.15) is 0 Å². The average Bonchev–Trinajstić information content (AvgIpc) is 2.29. The summed E-state index contributed by atoms with van der Waals surface area (Å²) < 4.78 is 5.87. The molecule has 0 radical (unpaired) electrons. The first-order chi connectivity index (χ1) is 6.95. The highest BCUT2D eigenvalue weighted by molar-refractivity contribution is 5.33. The lowest BCUT2D eigenvalue weighted by molar-refractivity contribution is -0.00680. The van der Waals surface area contributed by atoms with Crippen LogP contribution in [0.3, 0.4) is 0 Å². The molecule has 2 aliphatic rings. The maximum atomic E-state index is 5.87. The van der Waals surface area contributed by atoms with Crippen molar-refractivity contribution in [2.75, 3.05) is 13.1 Å². The molecule has 1 saturated heterocycles. The highest BCUT2D eigenvalue weighted by atomic mass is 16.5.